The van der Waals surface area contributed by atoms with Gasteiger partial charge in [-0.05, 0) is 133 Å². The smallest absolute Gasteiger partial charge is 0.336 e. The Kier molecular flexibility index (Phi) is 16.8. The van der Waals surface area contributed by atoms with E-state index >= 15 is 0 Å². The number of carbonyl (C=O) groups is 1. The molecule has 0 saturated carbocycles. The zero-order chi connectivity index (χ0) is 42.0. The van der Waals surface area contributed by atoms with Crippen LogP contribution in [0, 0.1) is 0 Å². The van der Waals surface area contributed by atoms with Gasteiger partial charge < -0.3 is 40.2 Å². The number of nitrogens with zero attached hydrogens (tertiary/aromatic N) is 5. The molecule has 5 aliphatic rings. The fourth-order valence-electron chi connectivity index (χ4n) is 8.80. The first-order valence-corrected chi connectivity index (χ1v) is 22.4. The number of nitrogens with one attached hydrogen (secondary N) is 3. The third-order valence-corrected chi connectivity index (χ3v) is 12.4. The number of carboxylic acids is 1. The number of thiocarbonyl (C=S) groups is 1. The standard InChI is InChI=1S/C48H62N8O3S.Cu/c1-5-55(6-2)38-16-19-41-44(32-38)59-45-33-39(56(7-3)8-4)17-20-42(45)46(41)40-18-15-37(31-43(40)47(57)58)51-48(60)50-36-13-11-35(12-14-36)34-54-25-10-24-53-29-27-52(28-30-53)23-9-21-49-22-26-54;/h11-20,31-33,49H,5-10,21-30,34H2,1-4H3,(H2,50,57,58,60);/p+1. The molecule has 329 valence electrons. The number of carboxylic acid groups (broad SMARTS) is 1. The summed E-state index contributed by atoms with van der Waals surface area (Å²) in [5.74, 6) is -0.315. The van der Waals surface area contributed by atoms with Gasteiger partial charge in [0.25, 0.3) is 0 Å². The first-order chi connectivity index (χ1) is 29.3. The van der Waals surface area contributed by atoms with Gasteiger partial charge in [0.05, 0.1) is 11.6 Å². The van der Waals surface area contributed by atoms with Crippen LogP contribution >= 0.6 is 12.2 Å². The van der Waals surface area contributed by atoms with E-state index in [9.17, 15) is 9.90 Å². The summed E-state index contributed by atoms with van der Waals surface area (Å²) in [6.45, 7) is 24.2. The second-order valence-electron chi connectivity index (χ2n) is 15.9. The number of aromatic carboxylic acids is 1. The van der Waals surface area contributed by atoms with Crippen molar-refractivity contribution in [2.45, 2.75) is 47.1 Å². The summed E-state index contributed by atoms with van der Waals surface area (Å²) in [5, 5.41) is 23.2. The Morgan fingerprint density at radius 2 is 1.44 bits per heavy atom. The Morgan fingerprint density at radius 1 is 0.770 bits per heavy atom. The van der Waals surface area contributed by atoms with Crippen LogP contribution in [0.1, 0.15) is 56.5 Å². The van der Waals surface area contributed by atoms with E-state index in [0.29, 0.717) is 27.7 Å². The molecule has 3 aromatic carbocycles. The van der Waals surface area contributed by atoms with Gasteiger partial charge in [0.1, 0.15) is 24.4 Å². The molecule has 1 aliphatic carbocycles. The van der Waals surface area contributed by atoms with E-state index in [1.54, 1.807) is 6.07 Å². The molecule has 3 fully saturated rings. The number of hydrogen-bond acceptors (Lipinski definition) is 8. The number of anilines is 3. The predicted octanol–water partition coefficient (Wildman–Crippen LogP) is 7.17. The van der Waals surface area contributed by atoms with Crippen molar-refractivity contribution in [2.24, 2.45) is 0 Å². The van der Waals surface area contributed by atoms with Gasteiger partial charge >= 0.3 is 5.97 Å². The third kappa shape index (κ3) is 11.6. The molecule has 0 aromatic heterocycles. The van der Waals surface area contributed by atoms with Crippen LogP contribution in [-0.4, -0.2) is 123 Å². The fraction of sp³-hybridized carbons (Fsp3) is 0.438. The molecule has 13 heteroatoms. The van der Waals surface area contributed by atoms with Gasteiger partial charge in [-0.2, -0.15) is 0 Å². The zero-order valence-corrected chi connectivity index (χ0v) is 38.0. The average molecular weight is 896 g/mol. The molecule has 61 heavy (non-hydrogen) atoms. The molecular weight excluding hydrogens is 832 g/mol. The molecule has 1 radical (unpaired) electrons. The van der Waals surface area contributed by atoms with E-state index in [1.165, 1.54) is 51.1 Å². The summed E-state index contributed by atoms with van der Waals surface area (Å²) in [6.07, 6.45) is 2.38. The van der Waals surface area contributed by atoms with Crippen LogP contribution in [0.2, 0.25) is 0 Å². The number of hydrogen-bond donors (Lipinski definition) is 4. The van der Waals surface area contributed by atoms with Crippen LogP contribution in [0.25, 0.3) is 33.4 Å². The second kappa shape index (κ2) is 22.2. The Morgan fingerprint density at radius 3 is 2.13 bits per heavy atom. The van der Waals surface area contributed by atoms with Gasteiger partial charge in [-0.25, -0.2) is 9.37 Å². The second-order valence-corrected chi connectivity index (χ2v) is 16.3. The fourth-order valence-corrected chi connectivity index (χ4v) is 9.04. The Labute approximate surface area is 377 Å². The minimum atomic E-state index is -1.02. The van der Waals surface area contributed by atoms with Gasteiger partial charge in [0.2, 0.25) is 5.36 Å². The molecule has 8 rings (SSSR count). The molecule has 4 N–H and O–H groups in total. The summed E-state index contributed by atoms with van der Waals surface area (Å²) < 4.78 is 8.92. The normalized spacial score (nSPS) is 17.6. The summed E-state index contributed by atoms with van der Waals surface area (Å²) >= 11 is 5.75. The van der Waals surface area contributed by atoms with Crippen LogP contribution < -0.4 is 30.8 Å². The van der Waals surface area contributed by atoms with E-state index < -0.39 is 5.97 Å². The van der Waals surface area contributed by atoms with Crippen molar-refractivity contribution in [3.05, 3.63) is 95.3 Å². The van der Waals surface area contributed by atoms with E-state index in [4.69, 9.17) is 16.6 Å². The molecule has 4 heterocycles. The Balaban J connectivity index is 0.00000622. The van der Waals surface area contributed by atoms with Gasteiger partial charge in [0.15, 0.2) is 5.11 Å². The van der Waals surface area contributed by atoms with Gasteiger partial charge in [-0.15, -0.1) is 0 Å². The molecule has 0 spiro atoms. The van der Waals surface area contributed by atoms with E-state index in [1.807, 2.05) is 12.1 Å². The molecule has 3 aromatic rings. The average Bonchev–Trinajstić information content (AvgIpc) is 3.25. The van der Waals surface area contributed by atoms with Crippen molar-refractivity contribution < 1.29 is 31.4 Å². The minimum Gasteiger partial charge on any atom is -0.478 e. The monoisotopic (exact) mass is 894 g/mol. The third-order valence-electron chi connectivity index (χ3n) is 12.2. The van der Waals surface area contributed by atoms with Crippen molar-refractivity contribution in [2.75, 3.05) is 107 Å². The van der Waals surface area contributed by atoms with Crippen molar-refractivity contribution in [1.29, 1.82) is 0 Å². The van der Waals surface area contributed by atoms with Gasteiger partial charge in [-0.3, -0.25) is 4.90 Å². The van der Waals surface area contributed by atoms with Crippen LogP contribution in [0.3, 0.4) is 0 Å². The summed E-state index contributed by atoms with van der Waals surface area (Å²) in [5.41, 5.74) is 6.95. The SMILES string of the molecule is CCN(CC)c1ccc2c(-c3ccc(NC(=S)Nc4ccc(CN5CCCN6CCN(CCCNCC5)CC6)cc4)cc3C(=O)O)c3ccc(=[N+](CC)CC)cc-3oc2c1.[Cu]. The first kappa shape index (κ1) is 46.2. The van der Waals surface area contributed by atoms with E-state index in [-0.39, 0.29) is 22.6 Å². The Bertz CT molecular complexity index is 2280. The largest absolute Gasteiger partial charge is 0.478 e. The van der Waals surface area contributed by atoms with Crippen molar-refractivity contribution in [3.8, 4) is 22.5 Å². The summed E-state index contributed by atoms with van der Waals surface area (Å²) in [7, 11) is 0. The predicted molar refractivity (Wildman–Crippen MR) is 252 cm³/mol. The van der Waals surface area contributed by atoms with E-state index in [2.05, 4.69) is 128 Å². The molecular formula is C48H63CuN8O3S+. The maximum absolute atomic E-state index is 13.0. The van der Waals surface area contributed by atoms with Crippen molar-refractivity contribution >= 4 is 51.3 Å². The maximum Gasteiger partial charge on any atom is 0.336 e. The van der Waals surface area contributed by atoms with Crippen LogP contribution in [0.4, 0.5) is 17.1 Å². The molecule has 11 nitrogen and oxygen atoms in total. The summed E-state index contributed by atoms with van der Waals surface area (Å²) in [6, 6.07) is 26.3. The Hall–Kier alpha value is -4.33. The van der Waals surface area contributed by atoms with Crippen LogP contribution in [-0.2, 0) is 23.6 Å². The van der Waals surface area contributed by atoms with Crippen molar-refractivity contribution in [1.82, 2.24) is 24.6 Å². The van der Waals surface area contributed by atoms with Crippen molar-refractivity contribution in [3.63, 3.8) is 0 Å². The molecule has 0 atom stereocenters. The first-order valence-electron chi connectivity index (χ1n) is 22.0. The molecule has 2 bridgehead atoms. The molecule has 4 aliphatic heterocycles. The minimum absolute atomic E-state index is 0. The van der Waals surface area contributed by atoms with E-state index in [0.717, 1.165) is 98.7 Å². The zero-order valence-electron chi connectivity index (χ0n) is 36.2. The van der Waals surface area contributed by atoms with Gasteiger partial charge in [-0.1, -0.05) is 18.2 Å². The topological polar surface area (TPSA) is 103 Å². The molecule has 0 unspecified atom stereocenters. The van der Waals surface area contributed by atoms with Crippen LogP contribution in [0.15, 0.2) is 83.3 Å². The quantitative estimate of drug-likeness (QED) is 0.0470. The van der Waals surface area contributed by atoms with Crippen LogP contribution in [0.5, 0.6) is 0 Å². The number of benzene rings is 4. The van der Waals surface area contributed by atoms with Gasteiger partial charge in [0, 0.05) is 122 Å². The maximum atomic E-state index is 13.0. The number of fused-ring (bicyclic) bond motifs is 13. The molecule has 0 amide bonds. The summed E-state index contributed by atoms with van der Waals surface area (Å²) in [4.78, 5) is 23.1. The number of piperazine rings is 1. The number of rotatable bonds is 11. The molecule has 3 saturated heterocycles.